The van der Waals surface area contributed by atoms with Gasteiger partial charge in [0, 0.05) is 18.8 Å². The van der Waals surface area contributed by atoms with Crippen molar-refractivity contribution in [1.82, 2.24) is 15.3 Å². The molecule has 6 heteroatoms. The van der Waals surface area contributed by atoms with Crippen LogP contribution in [0.3, 0.4) is 0 Å². The third kappa shape index (κ3) is 3.64. The Hall–Kier alpha value is -2.63. The molecule has 1 unspecified atom stereocenters. The van der Waals surface area contributed by atoms with E-state index >= 15 is 0 Å². The maximum absolute atomic E-state index is 12.5. The summed E-state index contributed by atoms with van der Waals surface area (Å²) in [5.74, 6) is 1.50. The van der Waals surface area contributed by atoms with Crippen molar-refractivity contribution in [1.29, 1.82) is 0 Å². The van der Waals surface area contributed by atoms with Gasteiger partial charge in [0.2, 0.25) is 5.95 Å². The molecule has 1 atom stereocenters. The first kappa shape index (κ1) is 16.8. The van der Waals surface area contributed by atoms with Gasteiger partial charge in [0.25, 0.3) is 5.91 Å². The SMILES string of the molecule is Cc1cc(CNC(=O)C2CCc3ccccc3O2)nc(N2CCCC2)n1. The Labute approximate surface area is 153 Å². The fraction of sp³-hybridized carbons (Fsp3) is 0.450. The number of hydrogen-bond acceptors (Lipinski definition) is 5. The molecule has 6 nitrogen and oxygen atoms in total. The van der Waals surface area contributed by atoms with Gasteiger partial charge in [-0.15, -0.1) is 0 Å². The van der Waals surface area contributed by atoms with Crippen LogP contribution in [-0.4, -0.2) is 35.1 Å². The van der Waals surface area contributed by atoms with E-state index in [1.165, 1.54) is 18.4 Å². The molecule has 2 aliphatic heterocycles. The van der Waals surface area contributed by atoms with Gasteiger partial charge in [0.05, 0.1) is 12.2 Å². The van der Waals surface area contributed by atoms with Gasteiger partial charge in [-0.1, -0.05) is 18.2 Å². The molecule has 0 saturated carbocycles. The topological polar surface area (TPSA) is 67.3 Å². The van der Waals surface area contributed by atoms with Gasteiger partial charge in [-0.25, -0.2) is 9.97 Å². The van der Waals surface area contributed by atoms with Crippen molar-refractivity contribution >= 4 is 11.9 Å². The summed E-state index contributed by atoms with van der Waals surface area (Å²) in [6.07, 6.45) is 3.49. The summed E-state index contributed by atoms with van der Waals surface area (Å²) in [5.41, 5.74) is 2.93. The minimum Gasteiger partial charge on any atom is -0.480 e. The van der Waals surface area contributed by atoms with E-state index in [9.17, 15) is 4.79 Å². The van der Waals surface area contributed by atoms with E-state index in [2.05, 4.69) is 20.2 Å². The van der Waals surface area contributed by atoms with Crippen molar-refractivity contribution in [3.8, 4) is 5.75 Å². The number of ether oxygens (including phenoxy) is 1. The Morgan fingerprint density at radius 2 is 2.08 bits per heavy atom. The normalized spacial score (nSPS) is 19.0. The Morgan fingerprint density at radius 1 is 1.27 bits per heavy atom. The van der Waals surface area contributed by atoms with Crippen LogP contribution in [-0.2, 0) is 17.8 Å². The lowest BCUT2D eigenvalue weighted by atomic mass is 10.0. The van der Waals surface area contributed by atoms with E-state index in [0.29, 0.717) is 13.0 Å². The Morgan fingerprint density at radius 3 is 2.92 bits per heavy atom. The van der Waals surface area contributed by atoms with E-state index < -0.39 is 6.10 Å². The first-order valence-electron chi connectivity index (χ1n) is 9.31. The maximum atomic E-state index is 12.5. The molecule has 0 aliphatic carbocycles. The molecular weight excluding hydrogens is 328 g/mol. The maximum Gasteiger partial charge on any atom is 0.261 e. The van der Waals surface area contributed by atoms with E-state index in [4.69, 9.17) is 4.74 Å². The second-order valence-electron chi connectivity index (χ2n) is 6.97. The van der Waals surface area contributed by atoms with Gasteiger partial charge in [0.1, 0.15) is 5.75 Å². The first-order valence-corrected chi connectivity index (χ1v) is 9.31. The predicted molar refractivity (Wildman–Crippen MR) is 99.2 cm³/mol. The van der Waals surface area contributed by atoms with E-state index in [1.54, 1.807) is 0 Å². The lowest BCUT2D eigenvalue weighted by molar-refractivity contribution is -0.128. The van der Waals surface area contributed by atoms with Crippen molar-refractivity contribution in [2.24, 2.45) is 0 Å². The number of aromatic nitrogens is 2. The van der Waals surface area contributed by atoms with Crippen LogP contribution < -0.4 is 15.0 Å². The zero-order valence-corrected chi connectivity index (χ0v) is 15.1. The molecule has 1 fully saturated rings. The second-order valence-corrected chi connectivity index (χ2v) is 6.97. The van der Waals surface area contributed by atoms with Gasteiger partial charge in [0.15, 0.2) is 6.10 Å². The highest BCUT2D eigenvalue weighted by atomic mass is 16.5. The number of aryl methyl sites for hydroxylation is 2. The van der Waals surface area contributed by atoms with Crippen LogP contribution in [0.4, 0.5) is 5.95 Å². The molecule has 1 amide bonds. The van der Waals surface area contributed by atoms with E-state index in [0.717, 1.165) is 42.6 Å². The molecular formula is C20H24N4O2. The number of carbonyl (C=O) groups excluding carboxylic acids is 1. The van der Waals surface area contributed by atoms with Crippen LogP contribution in [0.25, 0.3) is 0 Å². The smallest absolute Gasteiger partial charge is 0.261 e. The van der Waals surface area contributed by atoms with Gasteiger partial charge >= 0.3 is 0 Å². The summed E-state index contributed by atoms with van der Waals surface area (Å²) < 4.78 is 5.86. The van der Waals surface area contributed by atoms with Crippen molar-refractivity contribution in [3.05, 3.63) is 47.3 Å². The number of benzene rings is 1. The average molecular weight is 352 g/mol. The van der Waals surface area contributed by atoms with Crippen molar-refractivity contribution < 1.29 is 9.53 Å². The molecule has 2 aliphatic rings. The Balaban J connectivity index is 1.39. The predicted octanol–water partition coefficient (Wildman–Crippen LogP) is 2.40. The quantitative estimate of drug-likeness (QED) is 0.915. The molecule has 2 aromatic rings. The van der Waals surface area contributed by atoms with E-state index in [1.807, 2.05) is 37.3 Å². The molecule has 1 saturated heterocycles. The number of para-hydroxylation sites is 1. The number of anilines is 1. The lowest BCUT2D eigenvalue weighted by Gasteiger charge is -2.25. The zero-order chi connectivity index (χ0) is 17.9. The summed E-state index contributed by atoms with van der Waals surface area (Å²) in [7, 11) is 0. The summed E-state index contributed by atoms with van der Waals surface area (Å²) >= 11 is 0. The van der Waals surface area contributed by atoms with Crippen molar-refractivity contribution in [3.63, 3.8) is 0 Å². The number of rotatable bonds is 4. The number of nitrogens with zero attached hydrogens (tertiary/aromatic N) is 3. The fourth-order valence-electron chi connectivity index (χ4n) is 3.57. The van der Waals surface area contributed by atoms with Gasteiger partial charge < -0.3 is 15.0 Å². The highest BCUT2D eigenvalue weighted by molar-refractivity contribution is 5.81. The molecule has 0 spiro atoms. The first-order chi connectivity index (χ1) is 12.7. The van der Waals surface area contributed by atoms with Crippen LogP contribution in [0, 0.1) is 6.92 Å². The molecule has 0 bridgehead atoms. The summed E-state index contributed by atoms with van der Waals surface area (Å²) in [6.45, 7) is 4.37. The third-order valence-electron chi connectivity index (χ3n) is 4.94. The largest absolute Gasteiger partial charge is 0.480 e. The van der Waals surface area contributed by atoms with Crippen LogP contribution in [0.1, 0.15) is 36.2 Å². The summed E-state index contributed by atoms with van der Waals surface area (Å²) in [4.78, 5) is 23.9. The third-order valence-corrected chi connectivity index (χ3v) is 4.94. The Bertz CT molecular complexity index is 802. The monoisotopic (exact) mass is 352 g/mol. The van der Waals surface area contributed by atoms with E-state index in [-0.39, 0.29) is 5.91 Å². The van der Waals surface area contributed by atoms with Crippen LogP contribution in [0.2, 0.25) is 0 Å². The van der Waals surface area contributed by atoms with Crippen LogP contribution in [0.5, 0.6) is 5.75 Å². The molecule has 1 aromatic carbocycles. The van der Waals surface area contributed by atoms with Crippen LogP contribution in [0.15, 0.2) is 30.3 Å². The Kier molecular flexibility index (Phi) is 4.73. The summed E-state index contributed by atoms with van der Waals surface area (Å²) in [5, 5.41) is 2.97. The molecule has 0 radical (unpaired) electrons. The van der Waals surface area contributed by atoms with Crippen LogP contribution >= 0.6 is 0 Å². The minimum absolute atomic E-state index is 0.0847. The molecule has 26 heavy (non-hydrogen) atoms. The lowest BCUT2D eigenvalue weighted by Crippen LogP contribution is -2.40. The number of nitrogens with one attached hydrogen (secondary N) is 1. The van der Waals surface area contributed by atoms with Gasteiger partial charge in [-0.3, -0.25) is 4.79 Å². The zero-order valence-electron chi connectivity index (χ0n) is 15.1. The molecule has 1 N–H and O–H groups in total. The standard InChI is InChI=1S/C20H24N4O2/c1-14-12-16(23-20(22-14)24-10-4-5-11-24)13-21-19(25)18-9-8-15-6-2-3-7-17(15)26-18/h2-3,6-7,12,18H,4-5,8-11,13H2,1H3,(H,21,25). The number of amides is 1. The molecule has 136 valence electrons. The number of carbonyl (C=O) groups is 1. The highest BCUT2D eigenvalue weighted by Crippen LogP contribution is 2.27. The highest BCUT2D eigenvalue weighted by Gasteiger charge is 2.25. The number of hydrogen-bond donors (Lipinski definition) is 1. The average Bonchev–Trinajstić information content (AvgIpc) is 3.20. The second kappa shape index (κ2) is 7.32. The van der Waals surface area contributed by atoms with Crippen molar-refractivity contribution in [2.45, 2.75) is 45.3 Å². The van der Waals surface area contributed by atoms with Crippen molar-refractivity contribution in [2.75, 3.05) is 18.0 Å². The molecule has 3 heterocycles. The number of fused-ring (bicyclic) bond motifs is 1. The molecule has 4 rings (SSSR count). The summed E-state index contributed by atoms with van der Waals surface area (Å²) in [6, 6.07) is 9.83. The minimum atomic E-state index is -0.439. The van der Waals surface area contributed by atoms with Gasteiger partial charge in [-0.05, 0) is 50.3 Å². The van der Waals surface area contributed by atoms with Gasteiger partial charge in [-0.2, -0.15) is 0 Å². The molecule has 1 aromatic heterocycles. The fourth-order valence-corrected chi connectivity index (χ4v) is 3.57.